The van der Waals surface area contributed by atoms with E-state index >= 15 is 0 Å². The molecule has 0 aliphatic rings. The molecule has 17 heavy (non-hydrogen) atoms. The molecule has 3 nitrogen and oxygen atoms in total. The highest BCUT2D eigenvalue weighted by atomic mass is 35.5. The molecule has 0 atom stereocenters. The average molecular weight is 249 g/mol. The molecule has 0 N–H and O–H groups in total. The van der Waals surface area contributed by atoms with Gasteiger partial charge in [0, 0.05) is 12.6 Å². The first-order valence-corrected chi connectivity index (χ1v) is 5.85. The number of hydrogen-bond donors (Lipinski definition) is 0. The van der Waals surface area contributed by atoms with Crippen LogP contribution >= 0.6 is 11.6 Å². The van der Waals surface area contributed by atoms with Gasteiger partial charge in [0.2, 0.25) is 5.78 Å². The Labute approximate surface area is 105 Å². The van der Waals surface area contributed by atoms with E-state index in [9.17, 15) is 4.79 Å². The van der Waals surface area contributed by atoms with E-state index in [1.807, 2.05) is 31.2 Å². The molecule has 0 aliphatic heterocycles. The smallest absolute Gasteiger partial charge is 0.228 e. The van der Waals surface area contributed by atoms with Crippen molar-refractivity contribution in [1.82, 2.24) is 9.55 Å². The Morgan fingerprint density at radius 3 is 2.53 bits per heavy atom. The van der Waals surface area contributed by atoms with Crippen molar-refractivity contribution in [3.8, 4) is 0 Å². The zero-order valence-corrected chi connectivity index (χ0v) is 10.5. The summed E-state index contributed by atoms with van der Waals surface area (Å²) in [6.07, 6.45) is 1.63. The second-order valence-corrected chi connectivity index (χ2v) is 4.23. The fourth-order valence-corrected chi connectivity index (χ4v) is 1.86. The maximum atomic E-state index is 12.2. The summed E-state index contributed by atoms with van der Waals surface area (Å²) < 4.78 is 1.73. The number of rotatable bonds is 3. The lowest BCUT2D eigenvalue weighted by Gasteiger charge is -2.03. The zero-order valence-electron chi connectivity index (χ0n) is 9.77. The fourth-order valence-electron chi connectivity index (χ4n) is 1.61. The second-order valence-electron chi connectivity index (χ2n) is 3.96. The molecule has 1 heterocycles. The molecule has 0 saturated heterocycles. The van der Waals surface area contributed by atoms with E-state index in [-0.39, 0.29) is 5.78 Å². The molecule has 0 radical (unpaired) electrons. The highest BCUT2D eigenvalue weighted by Crippen LogP contribution is 2.12. The standard InChI is InChI=1S/C13H13ClN2O/c1-9-3-5-10(6-4-9)12(17)13-15-8-11(7-14)16(13)2/h3-6,8H,7H2,1-2H3. The van der Waals surface area contributed by atoms with Gasteiger partial charge >= 0.3 is 0 Å². The molecule has 0 spiro atoms. The van der Waals surface area contributed by atoms with Crippen molar-refractivity contribution < 1.29 is 4.79 Å². The number of aromatic nitrogens is 2. The molecule has 0 amide bonds. The van der Waals surface area contributed by atoms with Gasteiger partial charge in [-0.15, -0.1) is 11.6 Å². The molecule has 4 heteroatoms. The van der Waals surface area contributed by atoms with Gasteiger partial charge in [-0.25, -0.2) is 4.98 Å². The Hall–Kier alpha value is -1.61. The Morgan fingerprint density at radius 2 is 2.00 bits per heavy atom. The topological polar surface area (TPSA) is 34.9 Å². The summed E-state index contributed by atoms with van der Waals surface area (Å²) in [5, 5.41) is 0. The summed E-state index contributed by atoms with van der Waals surface area (Å²) in [6.45, 7) is 1.99. The maximum Gasteiger partial charge on any atom is 0.228 e. The van der Waals surface area contributed by atoms with Crippen LogP contribution in [0, 0.1) is 6.92 Å². The number of nitrogens with zero attached hydrogens (tertiary/aromatic N) is 2. The molecule has 0 unspecified atom stereocenters. The van der Waals surface area contributed by atoms with Gasteiger partial charge in [-0.3, -0.25) is 4.79 Å². The minimum absolute atomic E-state index is 0.0798. The molecule has 0 saturated carbocycles. The van der Waals surface area contributed by atoms with Gasteiger partial charge in [-0.2, -0.15) is 0 Å². The van der Waals surface area contributed by atoms with Crippen molar-refractivity contribution >= 4 is 17.4 Å². The van der Waals surface area contributed by atoms with Crippen LogP contribution in [0.1, 0.15) is 27.4 Å². The van der Waals surface area contributed by atoms with E-state index in [1.165, 1.54) is 0 Å². The van der Waals surface area contributed by atoms with Crippen LogP contribution < -0.4 is 0 Å². The summed E-state index contributed by atoms with van der Waals surface area (Å²) in [4.78, 5) is 16.3. The Kier molecular flexibility index (Phi) is 3.29. The van der Waals surface area contributed by atoms with Crippen LogP contribution in [0.2, 0.25) is 0 Å². The largest absolute Gasteiger partial charge is 0.327 e. The van der Waals surface area contributed by atoms with E-state index in [1.54, 1.807) is 17.8 Å². The number of ketones is 1. The summed E-state index contributed by atoms with van der Waals surface area (Å²) in [5.41, 5.74) is 2.61. The number of benzene rings is 1. The lowest BCUT2D eigenvalue weighted by atomic mass is 10.1. The van der Waals surface area contributed by atoms with Gasteiger partial charge in [-0.1, -0.05) is 29.8 Å². The van der Waals surface area contributed by atoms with Crippen LogP contribution in [0.5, 0.6) is 0 Å². The first-order valence-electron chi connectivity index (χ1n) is 5.31. The number of carbonyl (C=O) groups excluding carboxylic acids is 1. The molecule has 0 fully saturated rings. The van der Waals surface area contributed by atoms with E-state index < -0.39 is 0 Å². The van der Waals surface area contributed by atoms with Crippen molar-refractivity contribution in [2.24, 2.45) is 7.05 Å². The van der Waals surface area contributed by atoms with Crippen molar-refractivity contribution in [2.75, 3.05) is 0 Å². The molecule has 2 rings (SSSR count). The van der Waals surface area contributed by atoms with Crippen molar-refractivity contribution in [3.05, 3.63) is 53.1 Å². The number of halogens is 1. The van der Waals surface area contributed by atoms with E-state index in [2.05, 4.69) is 4.98 Å². The van der Waals surface area contributed by atoms with Gasteiger partial charge in [0.15, 0.2) is 5.82 Å². The van der Waals surface area contributed by atoms with Crippen LogP contribution in [0.15, 0.2) is 30.5 Å². The molecular weight excluding hydrogens is 236 g/mol. The van der Waals surface area contributed by atoms with E-state index in [0.29, 0.717) is 17.3 Å². The van der Waals surface area contributed by atoms with Gasteiger partial charge in [-0.05, 0) is 6.92 Å². The van der Waals surface area contributed by atoms with Crippen molar-refractivity contribution in [1.29, 1.82) is 0 Å². The third kappa shape index (κ3) is 2.24. The third-order valence-electron chi connectivity index (χ3n) is 2.74. The number of carbonyl (C=O) groups is 1. The number of alkyl halides is 1. The summed E-state index contributed by atoms with van der Waals surface area (Å²) in [7, 11) is 1.80. The highest BCUT2D eigenvalue weighted by Gasteiger charge is 2.15. The Morgan fingerprint density at radius 1 is 1.35 bits per heavy atom. The summed E-state index contributed by atoms with van der Waals surface area (Å²) >= 11 is 5.74. The minimum Gasteiger partial charge on any atom is -0.327 e. The lowest BCUT2D eigenvalue weighted by molar-refractivity contribution is 0.102. The minimum atomic E-state index is -0.0798. The normalized spacial score (nSPS) is 10.5. The number of hydrogen-bond acceptors (Lipinski definition) is 2. The molecular formula is C13H13ClN2O. The molecule has 88 valence electrons. The maximum absolute atomic E-state index is 12.2. The number of imidazole rings is 1. The predicted molar refractivity (Wildman–Crippen MR) is 67.4 cm³/mol. The lowest BCUT2D eigenvalue weighted by Crippen LogP contribution is -2.10. The van der Waals surface area contributed by atoms with Gasteiger partial charge in [0.1, 0.15) is 0 Å². The van der Waals surface area contributed by atoms with Crippen molar-refractivity contribution in [2.45, 2.75) is 12.8 Å². The van der Waals surface area contributed by atoms with E-state index in [4.69, 9.17) is 11.6 Å². The second kappa shape index (κ2) is 4.72. The first kappa shape index (κ1) is 11.9. The zero-order chi connectivity index (χ0) is 12.4. The Bertz CT molecular complexity index is 543. The molecule has 2 aromatic rings. The first-order chi connectivity index (χ1) is 8.13. The molecule has 0 bridgehead atoms. The average Bonchev–Trinajstić information content (AvgIpc) is 2.70. The molecule has 1 aromatic carbocycles. The van der Waals surface area contributed by atoms with Crippen LogP contribution in [-0.4, -0.2) is 15.3 Å². The monoisotopic (exact) mass is 248 g/mol. The van der Waals surface area contributed by atoms with Crippen molar-refractivity contribution in [3.63, 3.8) is 0 Å². The van der Waals surface area contributed by atoms with Crippen LogP contribution in [-0.2, 0) is 12.9 Å². The van der Waals surface area contributed by atoms with Gasteiger partial charge in [0.05, 0.1) is 17.8 Å². The van der Waals surface area contributed by atoms with Crippen LogP contribution in [0.4, 0.5) is 0 Å². The van der Waals surface area contributed by atoms with Gasteiger partial charge in [0.25, 0.3) is 0 Å². The fraction of sp³-hybridized carbons (Fsp3) is 0.231. The SMILES string of the molecule is Cc1ccc(C(=O)c2ncc(CCl)n2C)cc1. The third-order valence-corrected chi connectivity index (χ3v) is 3.01. The molecule has 0 aliphatic carbocycles. The summed E-state index contributed by atoms with van der Waals surface area (Å²) in [6, 6.07) is 7.46. The van der Waals surface area contributed by atoms with Crippen LogP contribution in [0.25, 0.3) is 0 Å². The predicted octanol–water partition coefficient (Wildman–Crippen LogP) is 2.70. The quantitative estimate of drug-likeness (QED) is 0.618. The van der Waals surface area contributed by atoms with Gasteiger partial charge < -0.3 is 4.57 Å². The Balaban J connectivity index is 2.37. The van der Waals surface area contributed by atoms with Crippen LogP contribution in [0.3, 0.4) is 0 Å². The number of aryl methyl sites for hydroxylation is 1. The summed E-state index contributed by atoms with van der Waals surface area (Å²) in [5.74, 6) is 0.693. The van der Waals surface area contributed by atoms with E-state index in [0.717, 1.165) is 11.3 Å². The highest BCUT2D eigenvalue weighted by molar-refractivity contribution is 6.17. The molecule has 1 aromatic heterocycles.